The van der Waals surface area contributed by atoms with E-state index in [0.717, 1.165) is 13.0 Å². The number of ether oxygens (including phenoxy) is 1. The summed E-state index contributed by atoms with van der Waals surface area (Å²) in [6.45, 7) is 2.42. The summed E-state index contributed by atoms with van der Waals surface area (Å²) >= 11 is 0. The molecule has 2 heterocycles. The molecule has 6 heteroatoms. The molecule has 0 atom stereocenters. The van der Waals surface area contributed by atoms with Crippen LogP contribution in [0.15, 0.2) is 24.3 Å². The second-order valence-electron chi connectivity index (χ2n) is 6.11. The molecular weight excluding hydrogens is 296 g/mol. The Hall–Kier alpha value is -2.08. The number of carbonyl (C=O) groups is 2. The molecule has 2 aliphatic rings. The highest BCUT2D eigenvalue weighted by Gasteiger charge is 2.28. The van der Waals surface area contributed by atoms with Gasteiger partial charge in [-0.25, -0.2) is 9.59 Å². The average molecular weight is 318 g/mol. The normalized spacial score (nSPS) is 18.6. The Kier molecular flexibility index (Phi) is 4.81. The van der Waals surface area contributed by atoms with E-state index in [4.69, 9.17) is 9.84 Å². The Balaban J connectivity index is 1.51. The molecule has 0 aliphatic carbocycles. The minimum atomic E-state index is -0.949. The lowest BCUT2D eigenvalue weighted by molar-refractivity contribution is -0.145. The summed E-state index contributed by atoms with van der Waals surface area (Å²) in [7, 11) is 0. The molecule has 0 aromatic heterocycles. The Morgan fingerprint density at radius 1 is 1.09 bits per heavy atom. The van der Waals surface area contributed by atoms with Gasteiger partial charge in [-0.15, -0.1) is 0 Å². The number of fused-ring (bicyclic) bond motifs is 1. The number of nitrogens with zero attached hydrogens (tertiary/aromatic N) is 2. The maximum atomic E-state index is 12.7. The monoisotopic (exact) mass is 318 g/mol. The largest absolute Gasteiger partial charge is 0.480 e. The Labute approximate surface area is 135 Å². The second-order valence-corrected chi connectivity index (χ2v) is 6.11. The molecule has 23 heavy (non-hydrogen) atoms. The first-order chi connectivity index (χ1) is 11.1. The molecule has 0 radical (unpaired) electrons. The van der Waals surface area contributed by atoms with Gasteiger partial charge in [-0.05, 0) is 30.4 Å². The third kappa shape index (κ3) is 3.82. The molecule has 1 N–H and O–H groups in total. The van der Waals surface area contributed by atoms with E-state index in [9.17, 15) is 9.59 Å². The summed E-state index contributed by atoms with van der Waals surface area (Å²) in [5, 5.41) is 8.64. The van der Waals surface area contributed by atoms with Crippen LogP contribution in [0.4, 0.5) is 4.79 Å². The predicted octanol–water partition coefficient (Wildman–Crippen LogP) is 1.73. The zero-order valence-electron chi connectivity index (χ0n) is 13.1. The predicted molar refractivity (Wildman–Crippen MR) is 84.1 cm³/mol. The molecule has 0 spiro atoms. The third-order valence-corrected chi connectivity index (χ3v) is 4.56. The van der Waals surface area contributed by atoms with Crippen molar-refractivity contribution in [1.29, 1.82) is 0 Å². The fourth-order valence-electron chi connectivity index (χ4n) is 3.26. The molecule has 1 aromatic carbocycles. The topological polar surface area (TPSA) is 70.1 Å². The van der Waals surface area contributed by atoms with E-state index in [-0.39, 0.29) is 18.7 Å². The van der Waals surface area contributed by atoms with Crippen LogP contribution in [0.1, 0.15) is 24.0 Å². The molecule has 1 aromatic rings. The van der Waals surface area contributed by atoms with E-state index in [0.29, 0.717) is 32.5 Å². The van der Waals surface area contributed by atoms with Gasteiger partial charge in [-0.3, -0.25) is 0 Å². The SMILES string of the molecule is O=C(O)COC1CCN(C(=O)N2CCc3ccccc3C2)CC1. The zero-order chi connectivity index (χ0) is 16.2. The molecule has 0 bridgehead atoms. The van der Waals surface area contributed by atoms with E-state index in [1.54, 1.807) is 0 Å². The summed E-state index contributed by atoms with van der Waals surface area (Å²) < 4.78 is 5.31. The van der Waals surface area contributed by atoms with Crippen molar-refractivity contribution < 1.29 is 19.4 Å². The highest BCUT2D eigenvalue weighted by Crippen LogP contribution is 2.21. The van der Waals surface area contributed by atoms with Gasteiger partial charge in [0.15, 0.2) is 0 Å². The van der Waals surface area contributed by atoms with E-state index in [1.807, 2.05) is 21.9 Å². The molecule has 3 rings (SSSR count). The van der Waals surface area contributed by atoms with Crippen molar-refractivity contribution in [2.45, 2.75) is 31.9 Å². The lowest BCUT2D eigenvalue weighted by Crippen LogP contribution is -2.49. The number of carboxylic acid groups (broad SMARTS) is 1. The number of amides is 2. The van der Waals surface area contributed by atoms with Crippen LogP contribution in [0.2, 0.25) is 0 Å². The fraction of sp³-hybridized carbons (Fsp3) is 0.529. The van der Waals surface area contributed by atoms with Gasteiger partial charge in [0.2, 0.25) is 0 Å². The van der Waals surface area contributed by atoms with Crippen LogP contribution in [0.5, 0.6) is 0 Å². The highest BCUT2D eigenvalue weighted by atomic mass is 16.5. The van der Waals surface area contributed by atoms with Crippen LogP contribution in [0.25, 0.3) is 0 Å². The summed E-state index contributed by atoms with van der Waals surface area (Å²) in [6.07, 6.45) is 2.24. The van der Waals surface area contributed by atoms with Gasteiger partial charge in [0.1, 0.15) is 6.61 Å². The number of benzene rings is 1. The van der Waals surface area contributed by atoms with Crippen LogP contribution in [0.3, 0.4) is 0 Å². The highest BCUT2D eigenvalue weighted by molar-refractivity contribution is 5.75. The van der Waals surface area contributed by atoms with Crippen LogP contribution < -0.4 is 0 Å². The number of carboxylic acids is 1. The lowest BCUT2D eigenvalue weighted by atomic mass is 10.00. The summed E-state index contributed by atoms with van der Waals surface area (Å²) in [6, 6.07) is 8.34. The van der Waals surface area contributed by atoms with Crippen molar-refractivity contribution in [1.82, 2.24) is 9.80 Å². The number of rotatable bonds is 3. The van der Waals surface area contributed by atoms with Crippen molar-refractivity contribution in [2.24, 2.45) is 0 Å². The number of likely N-dealkylation sites (tertiary alicyclic amines) is 1. The van der Waals surface area contributed by atoms with Crippen LogP contribution in [-0.4, -0.2) is 59.3 Å². The standard InChI is InChI=1S/C17H22N2O4/c20-16(21)12-23-15-6-9-18(10-7-15)17(22)19-8-5-13-3-1-2-4-14(13)11-19/h1-4,15H,5-12H2,(H,20,21). The first-order valence-electron chi connectivity index (χ1n) is 8.07. The van der Waals surface area contributed by atoms with Crippen LogP contribution in [-0.2, 0) is 22.5 Å². The molecular formula is C17H22N2O4. The van der Waals surface area contributed by atoms with Crippen molar-refractivity contribution in [3.63, 3.8) is 0 Å². The van der Waals surface area contributed by atoms with Gasteiger partial charge in [0, 0.05) is 26.2 Å². The lowest BCUT2D eigenvalue weighted by Gasteiger charge is -2.37. The molecule has 0 saturated carbocycles. The first kappa shape index (κ1) is 15.8. The average Bonchev–Trinajstić information content (AvgIpc) is 2.59. The second kappa shape index (κ2) is 7.00. The van der Waals surface area contributed by atoms with Gasteiger partial charge >= 0.3 is 12.0 Å². The van der Waals surface area contributed by atoms with Gasteiger partial charge in [-0.1, -0.05) is 24.3 Å². The number of aliphatic carboxylic acids is 1. The molecule has 2 aliphatic heterocycles. The van der Waals surface area contributed by atoms with Crippen LogP contribution >= 0.6 is 0 Å². The minimum absolute atomic E-state index is 0.0581. The number of piperidine rings is 1. The van der Waals surface area contributed by atoms with E-state index in [1.165, 1.54) is 11.1 Å². The minimum Gasteiger partial charge on any atom is -0.480 e. The number of carbonyl (C=O) groups excluding carboxylic acids is 1. The summed E-state index contributed by atoms with van der Waals surface area (Å²) in [4.78, 5) is 26.9. The van der Waals surface area contributed by atoms with E-state index < -0.39 is 5.97 Å². The molecule has 0 unspecified atom stereocenters. The van der Waals surface area contributed by atoms with Gasteiger partial charge in [-0.2, -0.15) is 0 Å². The van der Waals surface area contributed by atoms with Gasteiger partial charge in [0.05, 0.1) is 6.10 Å². The third-order valence-electron chi connectivity index (χ3n) is 4.56. The first-order valence-corrected chi connectivity index (χ1v) is 8.07. The Bertz CT molecular complexity index is 582. The molecule has 2 amide bonds. The van der Waals surface area contributed by atoms with Crippen molar-refractivity contribution in [3.8, 4) is 0 Å². The molecule has 124 valence electrons. The number of hydrogen-bond acceptors (Lipinski definition) is 3. The Morgan fingerprint density at radius 3 is 2.48 bits per heavy atom. The van der Waals surface area contributed by atoms with Crippen molar-refractivity contribution in [3.05, 3.63) is 35.4 Å². The maximum absolute atomic E-state index is 12.7. The molecule has 1 fully saturated rings. The zero-order valence-corrected chi connectivity index (χ0v) is 13.1. The fourth-order valence-corrected chi connectivity index (χ4v) is 3.26. The molecule has 1 saturated heterocycles. The molecule has 6 nitrogen and oxygen atoms in total. The summed E-state index contributed by atoms with van der Waals surface area (Å²) in [5.41, 5.74) is 2.56. The van der Waals surface area contributed by atoms with Gasteiger partial charge < -0.3 is 19.6 Å². The number of urea groups is 1. The smallest absolute Gasteiger partial charge is 0.329 e. The summed E-state index contributed by atoms with van der Waals surface area (Å²) in [5.74, 6) is -0.949. The van der Waals surface area contributed by atoms with E-state index in [2.05, 4.69) is 12.1 Å². The maximum Gasteiger partial charge on any atom is 0.329 e. The quantitative estimate of drug-likeness (QED) is 0.921. The van der Waals surface area contributed by atoms with Gasteiger partial charge in [0.25, 0.3) is 0 Å². The van der Waals surface area contributed by atoms with Crippen LogP contribution in [0, 0.1) is 0 Å². The Morgan fingerprint density at radius 2 is 1.78 bits per heavy atom. The van der Waals surface area contributed by atoms with E-state index >= 15 is 0 Å². The van der Waals surface area contributed by atoms with Crippen molar-refractivity contribution >= 4 is 12.0 Å². The number of hydrogen-bond donors (Lipinski definition) is 1. The van der Waals surface area contributed by atoms with Crippen molar-refractivity contribution in [2.75, 3.05) is 26.2 Å².